The van der Waals surface area contributed by atoms with Crippen LogP contribution in [0.2, 0.25) is 0 Å². The Balaban J connectivity index is 2.26. The summed E-state index contributed by atoms with van der Waals surface area (Å²) >= 11 is 3.39. The largest absolute Gasteiger partial charge is 0.477 e. The molecule has 0 aliphatic carbocycles. The van der Waals surface area contributed by atoms with Gasteiger partial charge in [-0.1, -0.05) is 18.2 Å². The number of nitrogens with zero attached hydrogens (tertiary/aromatic N) is 1. The third-order valence-electron chi connectivity index (χ3n) is 2.64. The average Bonchev–Trinajstić information content (AvgIpc) is 2.44. The number of carboxylic acids is 1. The normalized spacial score (nSPS) is 10.1. The second-order valence-electron chi connectivity index (χ2n) is 4.10. The minimum Gasteiger partial charge on any atom is -0.477 e. The lowest BCUT2D eigenvalue weighted by atomic mass is 10.2. The predicted octanol–water partition coefficient (Wildman–Crippen LogP) is 3.10. The van der Waals surface area contributed by atoms with E-state index in [4.69, 9.17) is 5.11 Å². The van der Waals surface area contributed by atoms with Gasteiger partial charge in [0, 0.05) is 4.47 Å². The molecule has 0 unspecified atom stereocenters. The van der Waals surface area contributed by atoms with E-state index < -0.39 is 11.9 Å². The van der Waals surface area contributed by atoms with Gasteiger partial charge in [0.1, 0.15) is 11.4 Å². The number of anilines is 1. The summed E-state index contributed by atoms with van der Waals surface area (Å²) in [5, 5.41) is 11.6. The molecule has 2 aromatic rings. The van der Waals surface area contributed by atoms with E-state index in [-0.39, 0.29) is 11.4 Å². The number of carboxylic acid groups (broad SMARTS) is 1. The Morgan fingerprint density at radius 1 is 1.15 bits per heavy atom. The molecular formula is C14H11BrN2O3. The molecule has 0 saturated carbocycles. The van der Waals surface area contributed by atoms with Crippen molar-refractivity contribution in [3.05, 3.63) is 57.8 Å². The van der Waals surface area contributed by atoms with Gasteiger partial charge in [0.05, 0.1) is 5.69 Å². The van der Waals surface area contributed by atoms with Crippen LogP contribution in [0.4, 0.5) is 5.69 Å². The molecule has 20 heavy (non-hydrogen) atoms. The molecule has 0 fully saturated rings. The van der Waals surface area contributed by atoms with Gasteiger partial charge in [0.15, 0.2) is 0 Å². The van der Waals surface area contributed by atoms with Crippen molar-refractivity contribution in [2.75, 3.05) is 5.32 Å². The van der Waals surface area contributed by atoms with E-state index in [0.29, 0.717) is 5.69 Å². The first kappa shape index (κ1) is 14.2. The van der Waals surface area contributed by atoms with Gasteiger partial charge in [-0.15, -0.1) is 0 Å². The fourth-order valence-electron chi connectivity index (χ4n) is 1.61. The van der Waals surface area contributed by atoms with Crippen molar-refractivity contribution in [2.24, 2.45) is 0 Å². The highest BCUT2D eigenvalue weighted by Gasteiger charge is 2.13. The van der Waals surface area contributed by atoms with E-state index in [2.05, 4.69) is 26.2 Å². The summed E-state index contributed by atoms with van der Waals surface area (Å²) in [4.78, 5) is 26.7. The number of benzene rings is 1. The van der Waals surface area contributed by atoms with Crippen molar-refractivity contribution in [3.8, 4) is 0 Å². The zero-order valence-corrected chi connectivity index (χ0v) is 12.1. The molecule has 1 amide bonds. The fourth-order valence-corrected chi connectivity index (χ4v) is 1.97. The highest BCUT2D eigenvalue weighted by atomic mass is 79.9. The van der Waals surface area contributed by atoms with Crippen molar-refractivity contribution in [1.29, 1.82) is 0 Å². The Labute approximate surface area is 123 Å². The first-order valence-corrected chi connectivity index (χ1v) is 6.55. The summed E-state index contributed by atoms with van der Waals surface area (Å²) in [5.74, 6) is -1.63. The molecule has 2 N–H and O–H groups in total. The van der Waals surface area contributed by atoms with E-state index in [9.17, 15) is 9.59 Å². The van der Waals surface area contributed by atoms with Gasteiger partial charge in [-0.3, -0.25) is 4.79 Å². The first-order chi connectivity index (χ1) is 9.49. The lowest BCUT2D eigenvalue weighted by Crippen LogP contribution is -2.15. The number of nitrogens with one attached hydrogen (secondary N) is 1. The number of aromatic carboxylic acids is 1. The Kier molecular flexibility index (Phi) is 4.14. The van der Waals surface area contributed by atoms with E-state index in [1.807, 2.05) is 19.1 Å². The van der Waals surface area contributed by atoms with Crippen LogP contribution in [-0.4, -0.2) is 22.0 Å². The minimum absolute atomic E-state index is 0.0540. The maximum Gasteiger partial charge on any atom is 0.354 e. The summed E-state index contributed by atoms with van der Waals surface area (Å²) in [6.07, 6.45) is 0. The predicted molar refractivity (Wildman–Crippen MR) is 78.0 cm³/mol. The van der Waals surface area contributed by atoms with E-state index in [1.165, 1.54) is 18.2 Å². The van der Waals surface area contributed by atoms with Crippen LogP contribution in [-0.2, 0) is 0 Å². The van der Waals surface area contributed by atoms with Crippen LogP contribution in [0.25, 0.3) is 0 Å². The summed E-state index contributed by atoms with van der Waals surface area (Å²) in [7, 11) is 0. The highest BCUT2D eigenvalue weighted by molar-refractivity contribution is 9.10. The van der Waals surface area contributed by atoms with Crippen molar-refractivity contribution in [3.63, 3.8) is 0 Å². The number of carbonyl (C=O) groups excluding carboxylic acids is 1. The van der Waals surface area contributed by atoms with Gasteiger partial charge in [-0.05, 0) is 46.6 Å². The molecule has 1 aromatic heterocycles. The second-order valence-corrected chi connectivity index (χ2v) is 4.90. The summed E-state index contributed by atoms with van der Waals surface area (Å²) < 4.78 is 0.780. The molecule has 1 aromatic carbocycles. The molecular weight excluding hydrogens is 324 g/mol. The van der Waals surface area contributed by atoms with E-state index >= 15 is 0 Å². The molecule has 2 rings (SSSR count). The number of hydrogen-bond donors (Lipinski definition) is 2. The van der Waals surface area contributed by atoms with Crippen molar-refractivity contribution >= 4 is 33.5 Å². The van der Waals surface area contributed by atoms with Crippen LogP contribution >= 0.6 is 15.9 Å². The molecule has 0 spiro atoms. The van der Waals surface area contributed by atoms with E-state index in [1.54, 1.807) is 6.07 Å². The molecule has 0 radical (unpaired) electrons. The molecule has 1 heterocycles. The summed E-state index contributed by atoms with van der Waals surface area (Å²) in [6.45, 7) is 1.91. The second kappa shape index (κ2) is 5.83. The molecule has 0 bridgehead atoms. The maximum absolute atomic E-state index is 12.1. The number of rotatable bonds is 3. The molecule has 0 atom stereocenters. The molecule has 0 saturated heterocycles. The maximum atomic E-state index is 12.1. The quantitative estimate of drug-likeness (QED) is 0.903. The Hall–Kier alpha value is -2.21. The lowest BCUT2D eigenvalue weighted by molar-refractivity contribution is 0.0690. The minimum atomic E-state index is -1.17. The summed E-state index contributed by atoms with van der Waals surface area (Å²) in [5.41, 5.74) is 1.48. The number of aromatic nitrogens is 1. The number of hydrogen-bond acceptors (Lipinski definition) is 3. The standard InChI is InChI=1S/C14H11BrN2O3/c1-8-4-2-5-9(12(8)15)17-13(18)10-6-3-7-11(16-10)14(19)20/h2-7H,1H3,(H,17,18)(H,19,20). The van der Waals surface area contributed by atoms with Crippen molar-refractivity contribution < 1.29 is 14.7 Å². The molecule has 102 valence electrons. The highest BCUT2D eigenvalue weighted by Crippen LogP contribution is 2.26. The van der Waals surface area contributed by atoms with Gasteiger partial charge in [-0.25, -0.2) is 9.78 Å². The number of amides is 1. The van der Waals surface area contributed by atoms with Crippen molar-refractivity contribution in [1.82, 2.24) is 4.98 Å². The van der Waals surface area contributed by atoms with Crippen LogP contribution in [0.3, 0.4) is 0 Å². The van der Waals surface area contributed by atoms with Gasteiger partial charge >= 0.3 is 5.97 Å². The lowest BCUT2D eigenvalue weighted by Gasteiger charge is -2.09. The molecule has 0 aliphatic heterocycles. The Morgan fingerprint density at radius 2 is 1.80 bits per heavy atom. The van der Waals surface area contributed by atoms with Crippen LogP contribution in [0.5, 0.6) is 0 Å². The monoisotopic (exact) mass is 334 g/mol. The van der Waals surface area contributed by atoms with Crippen LogP contribution in [0.15, 0.2) is 40.9 Å². The molecule has 0 aliphatic rings. The van der Waals surface area contributed by atoms with Crippen LogP contribution < -0.4 is 5.32 Å². The van der Waals surface area contributed by atoms with Crippen LogP contribution in [0, 0.1) is 6.92 Å². The van der Waals surface area contributed by atoms with E-state index in [0.717, 1.165) is 10.0 Å². The number of pyridine rings is 1. The van der Waals surface area contributed by atoms with Gasteiger partial charge in [-0.2, -0.15) is 0 Å². The zero-order chi connectivity index (χ0) is 14.7. The molecule has 5 nitrogen and oxygen atoms in total. The van der Waals surface area contributed by atoms with Crippen molar-refractivity contribution in [2.45, 2.75) is 6.92 Å². The smallest absolute Gasteiger partial charge is 0.354 e. The fraction of sp³-hybridized carbons (Fsp3) is 0.0714. The topological polar surface area (TPSA) is 79.3 Å². The van der Waals surface area contributed by atoms with Gasteiger partial charge in [0.2, 0.25) is 0 Å². The SMILES string of the molecule is Cc1cccc(NC(=O)c2cccc(C(=O)O)n2)c1Br. The number of halogens is 1. The summed E-state index contributed by atoms with van der Waals surface area (Å²) in [6, 6.07) is 9.75. The Bertz CT molecular complexity index is 686. The van der Waals surface area contributed by atoms with Gasteiger partial charge < -0.3 is 10.4 Å². The number of aryl methyl sites for hydroxylation is 1. The average molecular weight is 335 g/mol. The number of carbonyl (C=O) groups is 2. The third-order valence-corrected chi connectivity index (χ3v) is 3.69. The van der Waals surface area contributed by atoms with Gasteiger partial charge in [0.25, 0.3) is 5.91 Å². The molecule has 6 heteroatoms. The van der Waals surface area contributed by atoms with Crippen LogP contribution in [0.1, 0.15) is 26.5 Å². The first-order valence-electron chi connectivity index (χ1n) is 5.76. The Morgan fingerprint density at radius 3 is 2.50 bits per heavy atom. The zero-order valence-electron chi connectivity index (χ0n) is 10.6. The third kappa shape index (κ3) is 3.03.